The number of pyridine rings is 1. The minimum atomic E-state index is -0.144. The molecule has 0 amide bonds. The molecule has 0 aliphatic rings. The first-order valence-electron chi connectivity index (χ1n) is 4.78. The van der Waals surface area contributed by atoms with Gasteiger partial charge in [-0.05, 0) is 31.4 Å². The maximum Gasteiger partial charge on any atom is 0.306 e. The smallest absolute Gasteiger partial charge is 0.306 e. The summed E-state index contributed by atoms with van der Waals surface area (Å²) in [6.45, 7) is 4.25. The molecule has 1 aromatic heterocycles. The van der Waals surface area contributed by atoms with Gasteiger partial charge in [0.25, 0.3) is 0 Å². The Labute approximate surface area is 84.1 Å². The Morgan fingerprint density at radius 3 is 2.93 bits per heavy atom. The maximum atomic E-state index is 11.1. The van der Waals surface area contributed by atoms with E-state index in [1.807, 2.05) is 19.9 Å². The highest BCUT2D eigenvalue weighted by Crippen LogP contribution is 2.04. The van der Waals surface area contributed by atoms with Gasteiger partial charge in [-0.2, -0.15) is 0 Å². The average Bonchev–Trinajstić information content (AvgIpc) is 2.15. The van der Waals surface area contributed by atoms with E-state index in [0.717, 1.165) is 11.1 Å². The second-order valence-corrected chi connectivity index (χ2v) is 3.18. The molecule has 1 rings (SSSR count). The second kappa shape index (κ2) is 5.37. The largest absolute Gasteiger partial charge is 0.466 e. The molecule has 0 saturated carbocycles. The SMILES string of the molecule is CCOC(=O)CCc1cncc(C)c1. The van der Waals surface area contributed by atoms with Gasteiger partial charge in [-0.3, -0.25) is 9.78 Å². The standard InChI is InChI=1S/C11H15NO2/c1-3-14-11(13)5-4-10-6-9(2)7-12-8-10/h6-8H,3-5H2,1-2H3. The van der Waals surface area contributed by atoms with Gasteiger partial charge >= 0.3 is 5.97 Å². The topological polar surface area (TPSA) is 39.2 Å². The van der Waals surface area contributed by atoms with Crippen LogP contribution < -0.4 is 0 Å². The molecular weight excluding hydrogens is 178 g/mol. The van der Waals surface area contributed by atoms with Gasteiger partial charge in [-0.15, -0.1) is 0 Å². The molecule has 0 atom stereocenters. The van der Waals surface area contributed by atoms with Gasteiger partial charge in [0.2, 0.25) is 0 Å². The van der Waals surface area contributed by atoms with Crippen LogP contribution in [0, 0.1) is 6.92 Å². The van der Waals surface area contributed by atoms with Crippen molar-refractivity contribution in [2.24, 2.45) is 0 Å². The lowest BCUT2D eigenvalue weighted by molar-refractivity contribution is -0.143. The Morgan fingerprint density at radius 1 is 1.50 bits per heavy atom. The summed E-state index contributed by atoms with van der Waals surface area (Å²) in [6.07, 6.45) is 4.71. The molecule has 0 aliphatic carbocycles. The minimum Gasteiger partial charge on any atom is -0.466 e. The number of carbonyl (C=O) groups is 1. The molecule has 0 aromatic carbocycles. The average molecular weight is 193 g/mol. The number of aromatic nitrogens is 1. The molecule has 1 aromatic rings. The molecule has 0 fully saturated rings. The third kappa shape index (κ3) is 3.56. The van der Waals surface area contributed by atoms with Gasteiger partial charge in [0.1, 0.15) is 0 Å². The lowest BCUT2D eigenvalue weighted by atomic mass is 10.1. The van der Waals surface area contributed by atoms with Crippen LogP contribution in [0.15, 0.2) is 18.5 Å². The summed E-state index contributed by atoms with van der Waals surface area (Å²) in [6, 6.07) is 2.03. The zero-order valence-corrected chi connectivity index (χ0v) is 8.62. The van der Waals surface area contributed by atoms with E-state index >= 15 is 0 Å². The number of carbonyl (C=O) groups excluding carboxylic acids is 1. The molecule has 3 nitrogen and oxygen atoms in total. The number of aryl methyl sites for hydroxylation is 2. The predicted molar refractivity (Wildman–Crippen MR) is 53.9 cm³/mol. The van der Waals surface area contributed by atoms with Crippen molar-refractivity contribution in [3.05, 3.63) is 29.6 Å². The first-order chi connectivity index (χ1) is 6.72. The van der Waals surface area contributed by atoms with Crippen LogP contribution in [-0.2, 0) is 16.0 Å². The number of hydrogen-bond donors (Lipinski definition) is 0. The highest BCUT2D eigenvalue weighted by atomic mass is 16.5. The third-order valence-electron chi connectivity index (χ3n) is 1.85. The molecular formula is C11H15NO2. The van der Waals surface area contributed by atoms with Crippen LogP contribution in [0.2, 0.25) is 0 Å². The highest BCUT2D eigenvalue weighted by Gasteiger charge is 2.02. The van der Waals surface area contributed by atoms with Crippen molar-refractivity contribution in [1.29, 1.82) is 0 Å². The van der Waals surface area contributed by atoms with Crippen LogP contribution in [0.5, 0.6) is 0 Å². The number of rotatable bonds is 4. The number of esters is 1. The molecule has 0 N–H and O–H groups in total. The summed E-state index contributed by atoms with van der Waals surface area (Å²) < 4.78 is 4.83. The van der Waals surface area contributed by atoms with E-state index in [4.69, 9.17) is 4.74 Å². The van der Waals surface area contributed by atoms with Crippen molar-refractivity contribution in [3.8, 4) is 0 Å². The molecule has 0 spiro atoms. The highest BCUT2D eigenvalue weighted by molar-refractivity contribution is 5.69. The summed E-state index contributed by atoms with van der Waals surface area (Å²) >= 11 is 0. The van der Waals surface area contributed by atoms with E-state index in [0.29, 0.717) is 19.4 Å². The van der Waals surface area contributed by atoms with Crippen LogP contribution in [0.1, 0.15) is 24.5 Å². The van der Waals surface area contributed by atoms with E-state index in [9.17, 15) is 4.79 Å². The Hall–Kier alpha value is -1.38. The van der Waals surface area contributed by atoms with Gasteiger partial charge in [0, 0.05) is 18.8 Å². The third-order valence-corrected chi connectivity index (χ3v) is 1.85. The zero-order valence-electron chi connectivity index (χ0n) is 8.62. The predicted octanol–water partition coefficient (Wildman–Crippen LogP) is 1.89. The maximum absolute atomic E-state index is 11.1. The molecule has 14 heavy (non-hydrogen) atoms. The summed E-state index contributed by atoms with van der Waals surface area (Å²) in [5.41, 5.74) is 2.20. The van der Waals surface area contributed by atoms with Crippen LogP contribution >= 0.6 is 0 Å². The van der Waals surface area contributed by atoms with Crippen LogP contribution in [-0.4, -0.2) is 17.6 Å². The fourth-order valence-electron chi connectivity index (χ4n) is 1.23. The van der Waals surface area contributed by atoms with Crippen molar-refractivity contribution in [2.75, 3.05) is 6.61 Å². The molecule has 0 unspecified atom stereocenters. The second-order valence-electron chi connectivity index (χ2n) is 3.18. The van der Waals surface area contributed by atoms with Crippen molar-refractivity contribution in [2.45, 2.75) is 26.7 Å². The summed E-state index contributed by atoms with van der Waals surface area (Å²) in [5.74, 6) is -0.144. The van der Waals surface area contributed by atoms with Gasteiger partial charge in [-0.1, -0.05) is 6.07 Å². The van der Waals surface area contributed by atoms with Gasteiger partial charge < -0.3 is 4.74 Å². The fourth-order valence-corrected chi connectivity index (χ4v) is 1.23. The zero-order chi connectivity index (χ0) is 10.4. The van der Waals surface area contributed by atoms with E-state index in [2.05, 4.69) is 4.98 Å². The van der Waals surface area contributed by atoms with E-state index < -0.39 is 0 Å². The van der Waals surface area contributed by atoms with Gasteiger partial charge in [0.15, 0.2) is 0 Å². The van der Waals surface area contributed by atoms with Crippen LogP contribution in [0.25, 0.3) is 0 Å². The van der Waals surface area contributed by atoms with E-state index in [1.165, 1.54) is 0 Å². The lowest BCUT2D eigenvalue weighted by Crippen LogP contribution is -2.05. The van der Waals surface area contributed by atoms with Crippen molar-refractivity contribution in [3.63, 3.8) is 0 Å². The minimum absolute atomic E-state index is 0.144. The molecule has 1 heterocycles. The van der Waals surface area contributed by atoms with E-state index in [1.54, 1.807) is 12.4 Å². The normalized spacial score (nSPS) is 9.86. The summed E-state index contributed by atoms with van der Waals surface area (Å²) in [4.78, 5) is 15.1. The lowest BCUT2D eigenvalue weighted by Gasteiger charge is -2.02. The molecule has 76 valence electrons. The molecule has 0 radical (unpaired) electrons. The van der Waals surface area contributed by atoms with Crippen molar-refractivity contribution < 1.29 is 9.53 Å². The van der Waals surface area contributed by atoms with Crippen LogP contribution in [0.3, 0.4) is 0 Å². The Kier molecular flexibility index (Phi) is 4.11. The fraction of sp³-hybridized carbons (Fsp3) is 0.455. The van der Waals surface area contributed by atoms with E-state index in [-0.39, 0.29) is 5.97 Å². The van der Waals surface area contributed by atoms with Crippen molar-refractivity contribution >= 4 is 5.97 Å². The summed E-state index contributed by atoms with van der Waals surface area (Å²) in [7, 11) is 0. The number of ether oxygens (including phenoxy) is 1. The quantitative estimate of drug-likeness (QED) is 0.685. The van der Waals surface area contributed by atoms with Crippen LogP contribution in [0.4, 0.5) is 0 Å². The Bertz CT molecular complexity index is 310. The van der Waals surface area contributed by atoms with Gasteiger partial charge in [-0.25, -0.2) is 0 Å². The first kappa shape index (κ1) is 10.7. The number of hydrogen-bond acceptors (Lipinski definition) is 3. The summed E-state index contributed by atoms with van der Waals surface area (Å²) in [5, 5.41) is 0. The monoisotopic (exact) mass is 193 g/mol. The Morgan fingerprint density at radius 2 is 2.29 bits per heavy atom. The molecule has 0 saturated heterocycles. The molecule has 3 heteroatoms. The number of nitrogens with zero attached hydrogens (tertiary/aromatic N) is 1. The Balaban J connectivity index is 2.41. The molecule has 0 aliphatic heterocycles. The first-order valence-corrected chi connectivity index (χ1v) is 4.78. The molecule has 0 bridgehead atoms. The van der Waals surface area contributed by atoms with Crippen molar-refractivity contribution in [1.82, 2.24) is 4.98 Å². The van der Waals surface area contributed by atoms with Gasteiger partial charge in [0.05, 0.1) is 6.61 Å².